The first-order chi connectivity index (χ1) is 4.18. The van der Waals surface area contributed by atoms with Gasteiger partial charge in [-0.05, 0) is 0 Å². The smallest absolute Gasteiger partial charge is 0.870 e. The Morgan fingerprint density at radius 1 is 0.615 bits per heavy atom. The van der Waals surface area contributed by atoms with Crippen molar-refractivity contribution in [3.8, 4) is 0 Å². The Kier molecular flexibility index (Phi) is 15.5. The molecule has 10 heteroatoms. The average Bonchev–Trinajstić information content (AvgIpc) is 1.59. The van der Waals surface area contributed by atoms with E-state index in [-0.39, 0.29) is 51.6 Å². The van der Waals surface area contributed by atoms with Crippen LogP contribution < -0.4 is 17.2 Å². The van der Waals surface area contributed by atoms with Crippen LogP contribution in [-0.2, 0) is 0 Å². The molecule has 0 fully saturated rings. The van der Waals surface area contributed by atoms with Crippen LogP contribution in [0.5, 0.6) is 0 Å². The fourth-order valence-electron chi connectivity index (χ4n) is 0.427. The van der Waals surface area contributed by atoms with Crippen LogP contribution in [0.1, 0.15) is 0 Å². The van der Waals surface area contributed by atoms with Gasteiger partial charge >= 0.3 is 17.4 Å². The van der Waals surface area contributed by atoms with Crippen molar-refractivity contribution in [2.75, 3.05) is 17.2 Å². The summed E-state index contributed by atoms with van der Waals surface area (Å²) in [5.74, 6) is 0.125. The van der Waals surface area contributed by atoms with Crippen molar-refractivity contribution in [1.29, 1.82) is 0 Å². The molecule has 72 valence electrons. The van der Waals surface area contributed by atoms with E-state index in [2.05, 4.69) is 15.0 Å². The molecule has 0 bridgehead atoms. The predicted molar refractivity (Wildman–Crippen MR) is 44.6 cm³/mol. The molecule has 1 aromatic heterocycles. The maximum absolute atomic E-state index is 5.14. The molecule has 0 radical (unpaired) electrons. The second-order valence-corrected chi connectivity index (χ2v) is 1.41. The topological polar surface area (TPSA) is 207 Å². The molecule has 1 rings (SSSR count). The first kappa shape index (κ1) is 22.6. The molecule has 0 saturated heterocycles. The van der Waals surface area contributed by atoms with Gasteiger partial charge in [0.25, 0.3) is 0 Å². The van der Waals surface area contributed by atoms with Crippen LogP contribution >= 0.6 is 0 Å². The van der Waals surface area contributed by atoms with Crippen LogP contribution in [0.25, 0.3) is 0 Å². The molecule has 1 aromatic rings. The quantitative estimate of drug-likeness (QED) is 0.387. The van der Waals surface area contributed by atoms with Crippen LogP contribution in [0.4, 0.5) is 17.8 Å². The van der Waals surface area contributed by atoms with Crippen LogP contribution in [-0.4, -0.2) is 48.7 Å². The maximum Gasteiger partial charge on any atom is 3.00 e. The summed E-state index contributed by atoms with van der Waals surface area (Å²) in [7, 11) is 0. The Bertz CT molecular complexity index is 184. The zero-order valence-electron chi connectivity index (χ0n) is 6.49. The first-order valence-corrected chi connectivity index (χ1v) is 2.21. The van der Waals surface area contributed by atoms with Crippen LogP contribution in [0, 0.1) is 0 Å². The van der Waals surface area contributed by atoms with E-state index >= 15 is 0 Å². The van der Waals surface area contributed by atoms with E-state index < -0.39 is 0 Å². The molecule has 9 N–H and O–H groups in total. The van der Waals surface area contributed by atoms with Gasteiger partial charge in [0.15, 0.2) is 0 Å². The number of rotatable bonds is 0. The Morgan fingerprint density at radius 3 is 0.923 bits per heavy atom. The Hall–Kier alpha value is -1.18. The molecule has 0 aliphatic carbocycles. The summed E-state index contributed by atoms with van der Waals surface area (Å²) in [6, 6.07) is 0. The molecular formula is C3H9AlN6O3. The average molecular weight is 204 g/mol. The van der Waals surface area contributed by atoms with Gasteiger partial charge in [0.1, 0.15) is 0 Å². The third-order valence-electron chi connectivity index (χ3n) is 0.687. The molecular weight excluding hydrogens is 195 g/mol. The predicted octanol–water partition coefficient (Wildman–Crippen LogP) is -2.29. The van der Waals surface area contributed by atoms with E-state index in [9.17, 15) is 0 Å². The molecule has 1 heterocycles. The summed E-state index contributed by atoms with van der Waals surface area (Å²) in [5, 5.41) is 0. The third-order valence-corrected chi connectivity index (χ3v) is 0.687. The Balaban J connectivity index is -0.000000101. The standard InChI is InChI=1S/C3H6N6.Al.3H2O/c4-1-7-2(5)9-3(6)8-1;;;;/h(H6,4,5,6,7,8,9);;3*1H2/q;+3;;;/p-3. The van der Waals surface area contributed by atoms with Gasteiger partial charge in [-0.25, -0.2) is 0 Å². The van der Waals surface area contributed by atoms with Crippen molar-refractivity contribution < 1.29 is 16.4 Å². The molecule has 0 amide bonds. The minimum atomic E-state index is 0. The van der Waals surface area contributed by atoms with E-state index in [4.69, 9.17) is 17.2 Å². The zero-order chi connectivity index (χ0) is 6.85. The fraction of sp³-hybridized carbons (Fsp3) is 0. The summed E-state index contributed by atoms with van der Waals surface area (Å²) >= 11 is 0. The molecule has 0 spiro atoms. The van der Waals surface area contributed by atoms with Gasteiger partial charge in [-0.3, -0.25) is 0 Å². The van der Waals surface area contributed by atoms with Gasteiger partial charge in [-0.2, -0.15) is 15.0 Å². The normalized spacial score (nSPS) is 6.46. The van der Waals surface area contributed by atoms with Gasteiger partial charge in [-0.1, -0.05) is 0 Å². The first-order valence-electron chi connectivity index (χ1n) is 2.21. The molecule has 0 atom stereocenters. The number of nitrogen functional groups attached to an aromatic ring is 3. The van der Waals surface area contributed by atoms with Gasteiger partial charge in [-0.15, -0.1) is 0 Å². The number of nitrogens with zero attached hydrogens (tertiary/aromatic N) is 3. The molecule has 0 aliphatic heterocycles. The summed E-state index contributed by atoms with van der Waals surface area (Å²) in [4.78, 5) is 10.5. The maximum atomic E-state index is 5.14. The minimum Gasteiger partial charge on any atom is -0.870 e. The van der Waals surface area contributed by atoms with Gasteiger partial charge in [0, 0.05) is 0 Å². The monoisotopic (exact) mass is 204 g/mol. The second kappa shape index (κ2) is 8.91. The van der Waals surface area contributed by atoms with Crippen LogP contribution in [0.2, 0.25) is 0 Å². The van der Waals surface area contributed by atoms with E-state index in [1.54, 1.807) is 0 Å². The summed E-state index contributed by atoms with van der Waals surface area (Å²) in [6.45, 7) is 0. The fourth-order valence-corrected chi connectivity index (χ4v) is 0.427. The number of hydrogen-bond acceptors (Lipinski definition) is 9. The van der Waals surface area contributed by atoms with Crippen molar-refractivity contribution in [2.45, 2.75) is 0 Å². The molecule has 13 heavy (non-hydrogen) atoms. The molecule has 0 aliphatic rings. The molecule has 0 saturated carbocycles. The largest absolute Gasteiger partial charge is 3.00 e. The van der Waals surface area contributed by atoms with E-state index in [1.807, 2.05) is 0 Å². The SMILES string of the molecule is Nc1nc(N)nc(N)n1.[Al+3].[OH-].[OH-].[OH-]. The van der Waals surface area contributed by atoms with Crippen molar-refractivity contribution >= 4 is 35.2 Å². The van der Waals surface area contributed by atoms with Crippen molar-refractivity contribution in [3.63, 3.8) is 0 Å². The van der Waals surface area contributed by atoms with Gasteiger partial charge in [0.2, 0.25) is 17.8 Å². The number of hydrogen-bond donors (Lipinski definition) is 3. The van der Waals surface area contributed by atoms with E-state index in [0.29, 0.717) is 0 Å². The molecule has 0 unspecified atom stereocenters. The molecule has 0 aromatic carbocycles. The van der Waals surface area contributed by atoms with E-state index in [1.165, 1.54) is 0 Å². The van der Waals surface area contributed by atoms with Crippen molar-refractivity contribution in [3.05, 3.63) is 0 Å². The zero-order valence-corrected chi connectivity index (χ0v) is 7.65. The summed E-state index contributed by atoms with van der Waals surface area (Å²) in [6.07, 6.45) is 0. The van der Waals surface area contributed by atoms with Crippen molar-refractivity contribution in [1.82, 2.24) is 15.0 Å². The second-order valence-electron chi connectivity index (χ2n) is 1.41. The number of aromatic nitrogens is 3. The Morgan fingerprint density at radius 2 is 0.769 bits per heavy atom. The van der Waals surface area contributed by atoms with Crippen LogP contribution in [0.3, 0.4) is 0 Å². The molecule has 9 nitrogen and oxygen atoms in total. The number of nitrogens with two attached hydrogens (primary N) is 3. The minimum absolute atomic E-state index is 0. The summed E-state index contributed by atoms with van der Waals surface area (Å²) in [5.41, 5.74) is 15.4. The van der Waals surface area contributed by atoms with Crippen LogP contribution in [0.15, 0.2) is 0 Å². The summed E-state index contributed by atoms with van der Waals surface area (Å²) < 4.78 is 0. The third kappa shape index (κ3) is 7.19. The Labute approximate surface area is 84.4 Å². The van der Waals surface area contributed by atoms with Gasteiger partial charge in [0.05, 0.1) is 0 Å². The number of anilines is 3. The van der Waals surface area contributed by atoms with Crippen molar-refractivity contribution in [2.24, 2.45) is 0 Å². The van der Waals surface area contributed by atoms with E-state index in [0.717, 1.165) is 0 Å². The van der Waals surface area contributed by atoms with Gasteiger partial charge < -0.3 is 33.6 Å².